The number of hydrogen-bond donors (Lipinski definition) is 3. The van der Waals surface area contributed by atoms with Crippen LogP contribution in [0.3, 0.4) is 0 Å². The van der Waals surface area contributed by atoms with Crippen LogP contribution in [0.4, 0.5) is 8.78 Å². The predicted octanol–water partition coefficient (Wildman–Crippen LogP) is 1.62. The number of Topliss-reactive ketones (excluding diaryl/α,β-unsaturated/α-hetero) is 1. The van der Waals surface area contributed by atoms with Gasteiger partial charge in [0.15, 0.2) is 5.78 Å². The van der Waals surface area contributed by atoms with Crippen LogP contribution >= 0.6 is 0 Å². The van der Waals surface area contributed by atoms with Gasteiger partial charge in [0.2, 0.25) is 5.91 Å². The molecule has 0 aliphatic heterocycles. The number of halogens is 2. The summed E-state index contributed by atoms with van der Waals surface area (Å²) in [6.07, 6.45) is -2.10. The minimum atomic E-state index is -1.37. The molecule has 0 fully saturated rings. The monoisotopic (exact) mass is 448 g/mol. The Morgan fingerprint density at radius 3 is 2.25 bits per heavy atom. The summed E-state index contributed by atoms with van der Waals surface area (Å²) in [5.74, 6) is -4.45. The lowest BCUT2D eigenvalue weighted by Gasteiger charge is -2.29. The molecule has 172 valence electrons. The lowest BCUT2D eigenvalue weighted by atomic mass is 9.82. The smallest absolute Gasteiger partial charge is 0.308 e. The highest BCUT2D eigenvalue weighted by Gasteiger charge is 2.35. The SMILES string of the molecule is COC(=O)C[C@H](O)[C@@H](N)C(C(=O)[C@H](C)NC(=O)Cc1cc(F)cc(F)c1)c1ccccc1. The van der Waals surface area contributed by atoms with Crippen LogP contribution in [0, 0.1) is 11.6 Å². The highest BCUT2D eigenvalue weighted by atomic mass is 19.1. The first-order valence-corrected chi connectivity index (χ1v) is 9.95. The zero-order valence-corrected chi connectivity index (χ0v) is 17.8. The van der Waals surface area contributed by atoms with E-state index in [0.29, 0.717) is 11.6 Å². The Morgan fingerprint density at radius 1 is 1.09 bits per heavy atom. The quantitative estimate of drug-likeness (QED) is 0.476. The van der Waals surface area contributed by atoms with Crippen molar-refractivity contribution in [3.05, 3.63) is 71.3 Å². The number of carbonyl (C=O) groups is 3. The first-order chi connectivity index (χ1) is 15.1. The van der Waals surface area contributed by atoms with Crippen LogP contribution in [-0.2, 0) is 25.5 Å². The summed E-state index contributed by atoms with van der Waals surface area (Å²) in [5, 5.41) is 12.9. The number of amides is 1. The number of ketones is 1. The molecule has 7 nitrogen and oxygen atoms in total. The Kier molecular flexibility index (Phi) is 8.98. The van der Waals surface area contributed by atoms with Gasteiger partial charge in [0, 0.05) is 12.1 Å². The van der Waals surface area contributed by atoms with Crippen molar-refractivity contribution in [2.75, 3.05) is 7.11 Å². The molecule has 4 N–H and O–H groups in total. The molecule has 2 rings (SSSR count). The van der Waals surface area contributed by atoms with Crippen LogP contribution < -0.4 is 11.1 Å². The number of ether oxygens (including phenoxy) is 1. The van der Waals surface area contributed by atoms with Gasteiger partial charge in [-0.05, 0) is 30.2 Å². The molecular weight excluding hydrogens is 422 g/mol. The minimum Gasteiger partial charge on any atom is -0.469 e. The fourth-order valence-electron chi connectivity index (χ4n) is 3.38. The number of aliphatic hydroxyl groups is 1. The van der Waals surface area contributed by atoms with Crippen LogP contribution in [0.15, 0.2) is 48.5 Å². The number of aliphatic hydroxyl groups excluding tert-OH is 1. The number of hydrogen-bond acceptors (Lipinski definition) is 6. The maximum absolute atomic E-state index is 13.3. The van der Waals surface area contributed by atoms with Gasteiger partial charge >= 0.3 is 5.97 Å². The summed E-state index contributed by atoms with van der Waals surface area (Å²) in [4.78, 5) is 37.1. The number of rotatable bonds is 10. The van der Waals surface area contributed by atoms with Gasteiger partial charge in [-0.15, -0.1) is 0 Å². The summed E-state index contributed by atoms with van der Waals surface area (Å²) in [6, 6.07) is 9.00. The van der Waals surface area contributed by atoms with Gasteiger partial charge in [0.25, 0.3) is 0 Å². The molecular formula is C23H26F2N2O5. The number of nitrogens with one attached hydrogen (secondary N) is 1. The summed E-state index contributed by atoms with van der Waals surface area (Å²) in [5.41, 5.74) is 6.77. The number of methoxy groups -OCH3 is 1. The van der Waals surface area contributed by atoms with E-state index < -0.39 is 59.8 Å². The summed E-state index contributed by atoms with van der Waals surface area (Å²) < 4.78 is 31.2. The van der Waals surface area contributed by atoms with E-state index in [1.165, 1.54) is 14.0 Å². The Hall–Kier alpha value is -3.17. The van der Waals surface area contributed by atoms with E-state index in [4.69, 9.17) is 5.73 Å². The van der Waals surface area contributed by atoms with Crippen molar-refractivity contribution in [1.82, 2.24) is 5.32 Å². The first kappa shape index (κ1) is 25.1. The molecule has 0 spiro atoms. The molecule has 2 aromatic carbocycles. The Labute approximate surface area is 184 Å². The van der Waals surface area contributed by atoms with E-state index in [1.54, 1.807) is 30.3 Å². The van der Waals surface area contributed by atoms with E-state index >= 15 is 0 Å². The molecule has 1 amide bonds. The third-order valence-electron chi connectivity index (χ3n) is 4.99. The maximum Gasteiger partial charge on any atom is 0.308 e. The highest BCUT2D eigenvalue weighted by molar-refractivity contribution is 5.94. The fraction of sp³-hybridized carbons (Fsp3) is 0.348. The lowest BCUT2D eigenvalue weighted by molar-refractivity contribution is -0.143. The van der Waals surface area contributed by atoms with Gasteiger partial charge in [0.05, 0.1) is 38.0 Å². The molecule has 0 saturated carbocycles. The van der Waals surface area contributed by atoms with Crippen molar-refractivity contribution in [2.24, 2.45) is 5.73 Å². The van der Waals surface area contributed by atoms with E-state index in [9.17, 15) is 28.3 Å². The van der Waals surface area contributed by atoms with E-state index in [-0.39, 0.29) is 12.0 Å². The summed E-state index contributed by atoms with van der Waals surface area (Å²) in [7, 11) is 1.17. The zero-order chi connectivity index (χ0) is 23.8. The van der Waals surface area contributed by atoms with E-state index in [0.717, 1.165) is 12.1 Å². The van der Waals surface area contributed by atoms with Gasteiger partial charge in [-0.1, -0.05) is 30.3 Å². The molecule has 2 aromatic rings. The molecule has 9 heteroatoms. The van der Waals surface area contributed by atoms with Crippen molar-refractivity contribution in [3.8, 4) is 0 Å². The van der Waals surface area contributed by atoms with Crippen molar-refractivity contribution >= 4 is 17.7 Å². The average molecular weight is 448 g/mol. The standard InChI is InChI=1S/C23H26F2N2O5/c1-13(27-19(29)10-14-8-16(24)11-17(25)9-14)23(31)21(15-6-4-3-5-7-15)22(26)18(28)12-20(30)32-2/h3-9,11,13,18,21-22,28H,10,12,26H2,1-2H3,(H,27,29)/t13-,18-,21?,22+/m0/s1. The first-order valence-electron chi connectivity index (χ1n) is 9.95. The van der Waals surface area contributed by atoms with E-state index in [1.807, 2.05) is 0 Å². The predicted molar refractivity (Wildman–Crippen MR) is 112 cm³/mol. The van der Waals surface area contributed by atoms with Crippen LogP contribution in [0.5, 0.6) is 0 Å². The average Bonchev–Trinajstić information content (AvgIpc) is 2.73. The molecule has 0 aliphatic carbocycles. The number of carbonyl (C=O) groups excluding carboxylic acids is 3. The van der Waals surface area contributed by atoms with Crippen LogP contribution in [-0.4, -0.2) is 48.1 Å². The van der Waals surface area contributed by atoms with Crippen LogP contribution in [0.25, 0.3) is 0 Å². The molecule has 0 heterocycles. The Morgan fingerprint density at radius 2 is 1.69 bits per heavy atom. The molecule has 0 aliphatic rings. The van der Waals surface area contributed by atoms with Crippen molar-refractivity contribution in [1.29, 1.82) is 0 Å². The van der Waals surface area contributed by atoms with Gasteiger partial charge in [-0.3, -0.25) is 14.4 Å². The van der Waals surface area contributed by atoms with Gasteiger partial charge < -0.3 is 20.9 Å². The Bertz CT molecular complexity index is 934. The minimum absolute atomic E-state index is 0.115. The Balaban J connectivity index is 2.17. The second-order valence-electron chi connectivity index (χ2n) is 7.46. The topological polar surface area (TPSA) is 119 Å². The van der Waals surface area contributed by atoms with Crippen molar-refractivity contribution in [2.45, 2.75) is 43.9 Å². The lowest BCUT2D eigenvalue weighted by Crippen LogP contribution is -2.50. The number of esters is 1. The number of benzene rings is 2. The summed E-state index contributed by atoms with van der Waals surface area (Å²) in [6.45, 7) is 1.45. The maximum atomic E-state index is 13.3. The molecule has 0 saturated heterocycles. The second kappa shape index (κ2) is 11.4. The van der Waals surface area contributed by atoms with Crippen LogP contribution in [0.2, 0.25) is 0 Å². The van der Waals surface area contributed by atoms with Crippen molar-refractivity contribution < 1.29 is 33.0 Å². The normalized spacial score (nSPS) is 14.7. The molecule has 0 aromatic heterocycles. The fourth-order valence-corrected chi connectivity index (χ4v) is 3.38. The largest absolute Gasteiger partial charge is 0.469 e. The zero-order valence-electron chi connectivity index (χ0n) is 17.8. The van der Waals surface area contributed by atoms with Gasteiger partial charge in [-0.2, -0.15) is 0 Å². The molecule has 1 unspecified atom stereocenters. The van der Waals surface area contributed by atoms with Crippen molar-refractivity contribution in [3.63, 3.8) is 0 Å². The second-order valence-corrected chi connectivity index (χ2v) is 7.46. The molecule has 32 heavy (non-hydrogen) atoms. The van der Waals surface area contributed by atoms with Gasteiger partial charge in [-0.25, -0.2) is 8.78 Å². The molecule has 4 atom stereocenters. The summed E-state index contributed by atoms with van der Waals surface area (Å²) >= 11 is 0. The third kappa shape index (κ3) is 6.93. The molecule has 0 radical (unpaired) electrons. The molecule has 0 bridgehead atoms. The third-order valence-corrected chi connectivity index (χ3v) is 4.99. The van der Waals surface area contributed by atoms with E-state index in [2.05, 4.69) is 10.1 Å². The van der Waals surface area contributed by atoms with Crippen LogP contribution in [0.1, 0.15) is 30.4 Å². The number of nitrogens with two attached hydrogens (primary N) is 1. The van der Waals surface area contributed by atoms with Gasteiger partial charge in [0.1, 0.15) is 11.6 Å². The highest BCUT2D eigenvalue weighted by Crippen LogP contribution is 2.24.